The van der Waals surface area contributed by atoms with Gasteiger partial charge in [-0.15, -0.1) is 0 Å². The second-order valence-electron chi connectivity index (χ2n) is 9.32. The molecule has 2 aromatic rings. The molecule has 0 aliphatic carbocycles. The number of ether oxygens (including phenoxy) is 2. The first-order valence-corrected chi connectivity index (χ1v) is 11.9. The molecule has 1 aromatic carbocycles. The molecule has 0 radical (unpaired) electrons. The van der Waals surface area contributed by atoms with Gasteiger partial charge in [0.2, 0.25) is 0 Å². The number of H-pyrrole nitrogens is 1. The van der Waals surface area contributed by atoms with Gasteiger partial charge in [-0.3, -0.25) is 4.79 Å². The summed E-state index contributed by atoms with van der Waals surface area (Å²) in [6, 6.07) is 8.19. The maximum Gasteiger partial charge on any atom is 0.410 e. The fraction of sp³-hybridized carbons (Fsp3) is 0.500. The van der Waals surface area contributed by atoms with E-state index in [2.05, 4.69) is 20.6 Å². The van der Waals surface area contributed by atoms with E-state index in [1.807, 2.05) is 37.3 Å². The van der Waals surface area contributed by atoms with Crippen molar-refractivity contribution in [2.75, 3.05) is 13.1 Å². The van der Waals surface area contributed by atoms with Gasteiger partial charge in [-0.2, -0.15) is 0 Å². The zero-order valence-electron chi connectivity index (χ0n) is 20.4. The Bertz CT molecular complexity index is 1040. The molecular weight excluding hydrogens is 474 g/mol. The fourth-order valence-corrected chi connectivity index (χ4v) is 3.91. The Morgan fingerprint density at radius 3 is 2.51 bits per heavy atom. The van der Waals surface area contributed by atoms with Crippen LogP contribution in [0.2, 0.25) is 5.15 Å². The van der Waals surface area contributed by atoms with Crippen molar-refractivity contribution in [1.82, 2.24) is 25.5 Å². The Morgan fingerprint density at radius 2 is 1.89 bits per heavy atom. The number of piperidine rings is 1. The minimum absolute atomic E-state index is 0.0897. The lowest BCUT2D eigenvalue weighted by atomic mass is 9.99. The molecule has 1 aliphatic rings. The standard InChI is InChI=1S/C24H32ClN5O5/c1-5-16-19(25)29-20(26-16)21(31)27-17-11-12-30(23(33)35-24(2,3)4)13-18(17)28-22(32)34-14-15-9-7-6-8-10-15/h6-10,17-18H,5,11-14H2,1-4H3,(H,26,29)(H,27,31)(H,28,32). The Hall–Kier alpha value is -3.27. The number of nitrogens with one attached hydrogen (secondary N) is 3. The van der Waals surface area contributed by atoms with Crippen LogP contribution in [-0.2, 0) is 22.5 Å². The number of amides is 3. The van der Waals surface area contributed by atoms with Crippen molar-refractivity contribution < 1.29 is 23.9 Å². The van der Waals surface area contributed by atoms with E-state index in [4.69, 9.17) is 21.1 Å². The van der Waals surface area contributed by atoms with Crippen molar-refractivity contribution in [2.45, 2.75) is 64.8 Å². The predicted molar refractivity (Wildman–Crippen MR) is 130 cm³/mol. The topological polar surface area (TPSA) is 126 Å². The molecule has 190 valence electrons. The zero-order chi connectivity index (χ0) is 25.6. The van der Waals surface area contributed by atoms with Crippen molar-refractivity contribution in [3.05, 3.63) is 52.6 Å². The highest BCUT2D eigenvalue weighted by Gasteiger charge is 2.36. The molecule has 0 saturated carbocycles. The summed E-state index contributed by atoms with van der Waals surface area (Å²) in [5, 5.41) is 5.93. The summed E-state index contributed by atoms with van der Waals surface area (Å²) < 4.78 is 10.8. The number of benzene rings is 1. The number of halogens is 1. The van der Waals surface area contributed by atoms with Gasteiger partial charge in [0.15, 0.2) is 11.0 Å². The lowest BCUT2D eigenvalue weighted by molar-refractivity contribution is 0.0158. The Balaban J connectivity index is 1.68. The van der Waals surface area contributed by atoms with Crippen LogP contribution in [0.5, 0.6) is 0 Å². The van der Waals surface area contributed by atoms with Gasteiger partial charge < -0.3 is 30.0 Å². The number of carbonyl (C=O) groups is 3. The molecule has 10 nitrogen and oxygen atoms in total. The minimum atomic E-state index is -0.658. The van der Waals surface area contributed by atoms with Crippen LogP contribution >= 0.6 is 11.6 Å². The summed E-state index contributed by atoms with van der Waals surface area (Å²) in [4.78, 5) is 46.5. The van der Waals surface area contributed by atoms with Crippen LogP contribution < -0.4 is 10.6 Å². The average Bonchev–Trinajstić information content (AvgIpc) is 3.19. The van der Waals surface area contributed by atoms with Crippen LogP contribution in [-0.4, -0.2) is 63.7 Å². The second kappa shape index (κ2) is 11.4. The van der Waals surface area contributed by atoms with E-state index in [0.29, 0.717) is 25.1 Å². The molecule has 35 heavy (non-hydrogen) atoms. The van der Waals surface area contributed by atoms with Gasteiger partial charge >= 0.3 is 12.2 Å². The third-order valence-corrected chi connectivity index (χ3v) is 5.71. The van der Waals surface area contributed by atoms with E-state index >= 15 is 0 Å². The number of aromatic amines is 1. The van der Waals surface area contributed by atoms with Crippen LogP contribution in [0.4, 0.5) is 9.59 Å². The van der Waals surface area contributed by atoms with E-state index in [0.717, 1.165) is 5.56 Å². The quantitative estimate of drug-likeness (QED) is 0.550. The molecule has 1 aliphatic heterocycles. The summed E-state index contributed by atoms with van der Waals surface area (Å²) in [5.74, 6) is -0.362. The zero-order valence-corrected chi connectivity index (χ0v) is 21.1. The largest absolute Gasteiger partial charge is 0.445 e. The number of alkyl carbamates (subject to hydrolysis) is 1. The molecule has 1 aromatic heterocycles. The number of nitrogens with zero attached hydrogens (tertiary/aromatic N) is 2. The molecule has 3 amide bonds. The van der Waals surface area contributed by atoms with E-state index in [1.165, 1.54) is 4.90 Å². The maximum atomic E-state index is 12.8. The smallest absolute Gasteiger partial charge is 0.410 e. The molecule has 2 unspecified atom stereocenters. The van der Waals surface area contributed by atoms with Gasteiger partial charge in [0.05, 0.1) is 17.8 Å². The Labute approximate surface area is 209 Å². The molecule has 1 saturated heterocycles. The van der Waals surface area contributed by atoms with Crippen molar-refractivity contribution in [2.24, 2.45) is 0 Å². The summed E-state index contributed by atoms with van der Waals surface area (Å²) in [6.07, 6.45) is -0.148. The Morgan fingerprint density at radius 1 is 1.17 bits per heavy atom. The summed E-state index contributed by atoms with van der Waals surface area (Å²) >= 11 is 6.07. The first kappa shape index (κ1) is 26.3. The average molecular weight is 506 g/mol. The third kappa shape index (κ3) is 7.61. The van der Waals surface area contributed by atoms with Crippen LogP contribution in [0.1, 0.15) is 56.0 Å². The molecule has 3 rings (SSSR count). The third-order valence-electron chi connectivity index (χ3n) is 5.39. The van der Waals surface area contributed by atoms with E-state index in [1.54, 1.807) is 20.8 Å². The van der Waals surface area contributed by atoms with Crippen LogP contribution in [0, 0.1) is 0 Å². The number of aromatic nitrogens is 2. The summed E-state index contributed by atoms with van der Waals surface area (Å²) in [6.45, 7) is 7.83. The van der Waals surface area contributed by atoms with E-state index < -0.39 is 35.8 Å². The molecule has 2 heterocycles. The molecule has 0 spiro atoms. The number of likely N-dealkylation sites (tertiary alicyclic amines) is 1. The SMILES string of the molecule is CCc1[nH]c(C(=O)NC2CCN(C(=O)OC(C)(C)C)CC2NC(=O)OCc2ccccc2)nc1Cl. The molecule has 1 fully saturated rings. The summed E-state index contributed by atoms with van der Waals surface area (Å²) in [7, 11) is 0. The minimum Gasteiger partial charge on any atom is -0.445 e. The van der Waals surface area contributed by atoms with Crippen molar-refractivity contribution >= 4 is 29.7 Å². The Kier molecular flexibility index (Phi) is 8.61. The lowest BCUT2D eigenvalue weighted by Crippen LogP contribution is -2.61. The molecule has 0 bridgehead atoms. The highest BCUT2D eigenvalue weighted by Crippen LogP contribution is 2.18. The summed E-state index contributed by atoms with van der Waals surface area (Å²) in [5.41, 5.74) is 0.846. The van der Waals surface area contributed by atoms with Crippen molar-refractivity contribution in [1.29, 1.82) is 0 Å². The number of hydrogen-bond acceptors (Lipinski definition) is 6. The lowest BCUT2D eigenvalue weighted by Gasteiger charge is -2.39. The van der Waals surface area contributed by atoms with Gasteiger partial charge in [0, 0.05) is 13.1 Å². The highest BCUT2D eigenvalue weighted by atomic mass is 35.5. The van der Waals surface area contributed by atoms with Gasteiger partial charge in [-0.1, -0.05) is 48.9 Å². The highest BCUT2D eigenvalue weighted by molar-refractivity contribution is 6.30. The number of imidazole rings is 1. The fourth-order valence-electron chi connectivity index (χ4n) is 3.65. The number of carbonyl (C=O) groups excluding carboxylic acids is 3. The molecule has 2 atom stereocenters. The first-order valence-electron chi connectivity index (χ1n) is 11.6. The van der Waals surface area contributed by atoms with Crippen LogP contribution in [0.25, 0.3) is 0 Å². The number of rotatable bonds is 6. The van der Waals surface area contributed by atoms with Crippen LogP contribution in [0.3, 0.4) is 0 Å². The van der Waals surface area contributed by atoms with Gasteiger partial charge in [-0.25, -0.2) is 14.6 Å². The second-order valence-corrected chi connectivity index (χ2v) is 9.67. The first-order chi connectivity index (χ1) is 16.6. The number of aryl methyl sites for hydroxylation is 1. The molecule has 11 heteroatoms. The molecular formula is C24H32ClN5O5. The normalized spacial score (nSPS) is 18.0. The van der Waals surface area contributed by atoms with Crippen molar-refractivity contribution in [3.63, 3.8) is 0 Å². The van der Waals surface area contributed by atoms with Gasteiger partial charge in [0.1, 0.15) is 12.2 Å². The van der Waals surface area contributed by atoms with Crippen molar-refractivity contribution in [3.8, 4) is 0 Å². The van der Waals surface area contributed by atoms with E-state index in [-0.39, 0.29) is 24.1 Å². The van der Waals surface area contributed by atoms with Crippen LogP contribution in [0.15, 0.2) is 30.3 Å². The number of hydrogen-bond donors (Lipinski definition) is 3. The van der Waals surface area contributed by atoms with E-state index in [9.17, 15) is 14.4 Å². The maximum absolute atomic E-state index is 12.8. The van der Waals surface area contributed by atoms with Gasteiger partial charge in [0.25, 0.3) is 5.91 Å². The monoisotopic (exact) mass is 505 g/mol. The molecule has 3 N–H and O–H groups in total. The van der Waals surface area contributed by atoms with Gasteiger partial charge in [-0.05, 0) is 39.2 Å². The predicted octanol–water partition coefficient (Wildman–Crippen LogP) is 3.66.